The molecule has 2 heterocycles. The van der Waals surface area contributed by atoms with E-state index in [-0.39, 0.29) is 11.7 Å². The van der Waals surface area contributed by atoms with Crippen LogP contribution in [0.4, 0.5) is 5.69 Å². The molecule has 2 aromatic heterocycles. The lowest BCUT2D eigenvalue weighted by molar-refractivity contribution is -0.113. The number of carbonyl (C=O) groups excluding carboxylic acids is 1. The maximum absolute atomic E-state index is 12.1. The van der Waals surface area contributed by atoms with Crippen LogP contribution in [0.2, 0.25) is 5.02 Å². The van der Waals surface area contributed by atoms with E-state index in [1.165, 1.54) is 11.8 Å². The number of thioether (sulfide) groups is 1. The number of anilines is 1. The Hall–Kier alpha value is -2.38. The van der Waals surface area contributed by atoms with Crippen LogP contribution < -0.4 is 5.32 Å². The summed E-state index contributed by atoms with van der Waals surface area (Å²) in [5.41, 5.74) is 1.54. The van der Waals surface area contributed by atoms with Gasteiger partial charge in [-0.1, -0.05) is 41.6 Å². The maximum atomic E-state index is 12.1. The first-order chi connectivity index (χ1) is 12.2. The van der Waals surface area contributed by atoms with Crippen LogP contribution in [-0.2, 0) is 11.3 Å². The van der Waals surface area contributed by atoms with E-state index in [0.717, 1.165) is 11.3 Å². The van der Waals surface area contributed by atoms with E-state index < -0.39 is 0 Å². The number of amides is 1. The zero-order valence-corrected chi connectivity index (χ0v) is 15.1. The molecule has 0 radical (unpaired) electrons. The standard InChI is InChI=1S/C17H16ClN5OS/c1-2-23-16(13-8-9-19-10-14(13)18)21-22-17(23)25-11-15(24)20-12-6-4-3-5-7-12/h3-10H,2,11H2,1H3,(H,20,24). The van der Waals surface area contributed by atoms with Crippen molar-refractivity contribution < 1.29 is 4.79 Å². The number of nitrogens with one attached hydrogen (secondary N) is 1. The first-order valence-electron chi connectivity index (χ1n) is 7.69. The molecule has 0 fully saturated rings. The number of nitrogens with zero attached hydrogens (tertiary/aromatic N) is 4. The Bertz CT molecular complexity index is 868. The lowest BCUT2D eigenvalue weighted by Gasteiger charge is -2.08. The van der Waals surface area contributed by atoms with Gasteiger partial charge in [-0.3, -0.25) is 9.78 Å². The average Bonchev–Trinajstić information content (AvgIpc) is 3.04. The molecule has 0 atom stereocenters. The first kappa shape index (κ1) is 17.4. The number of halogens is 1. The third-order valence-corrected chi connectivity index (χ3v) is 4.70. The van der Waals surface area contributed by atoms with Crippen LogP contribution in [-0.4, -0.2) is 31.4 Å². The van der Waals surface area contributed by atoms with Crippen LogP contribution >= 0.6 is 23.4 Å². The maximum Gasteiger partial charge on any atom is 0.234 e. The topological polar surface area (TPSA) is 72.7 Å². The molecule has 1 amide bonds. The number of benzene rings is 1. The quantitative estimate of drug-likeness (QED) is 0.666. The van der Waals surface area contributed by atoms with E-state index in [1.54, 1.807) is 18.5 Å². The van der Waals surface area contributed by atoms with Gasteiger partial charge in [0.05, 0.1) is 10.8 Å². The van der Waals surface area contributed by atoms with Gasteiger partial charge in [0.15, 0.2) is 11.0 Å². The van der Waals surface area contributed by atoms with Gasteiger partial charge in [0.25, 0.3) is 0 Å². The van der Waals surface area contributed by atoms with Crippen LogP contribution in [0.3, 0.4) is 0 Å². The fourth-order valence-corrected chi connectivity index (χ4v) is 3.29. The zero-order chi connectivity index (χ0) is 17.6. The molecular weight excluding hydrogens is 358 g/mol. The van der Waals surface area contributed by atoms with Gasteiger partial charge in [0.1, 0.15) is 0 Å². The molecular formula is C17H16ClN5OS. The number of aromatic nitrogens is 4. The molecule has 0 aliphatic heterocycles. The third-order valence-electron chi connectivity index (χ3n) is 3.44. The highest BCUT2D eigenvalue weighted by Gasteiger charge is 2.16. The van der Waals surface area contributed by atoms with Crippen LogP contribution in [0.15, 0.2) is 53.9 Å². The fraction of sp³-hybridized carbons (Fsp3) is 0.176. The first-order valence-corrected chi connectivity index (χ1v) is 9.06. The van der Waals surface area contributed by atoms with E-state index in [4.69, 9.17) is 11.6 Å². The minimum absolute atomic E-state index is 0.0923. The lowest BCUT2D eigenvalue weighted by Crippen LogP contribution is -2.14. The van der Waals surface area contributed by atoms with Crippen molar-refractivity contribution in [1.82, 2.24) is 19.7 Å². The molecule has 8 heteroatoms. The predicted molar refractivity (Wildman–Crippen MR) is 99.7 cm³/mol. The summed E-state index contributed by atoms with van der Waals surface area (Å²) in [6.07, 6.45) is 3.24. The zero-order valence-electron chi connectivity index (χ0n) is 13.5. The fourth-order valence-electron chi connectivity index (χ4n) is 2.28. The summed E-state index contributed by atoms with van der Waals surface area (Å²) in [5, 5.41) is 12.5. The highest BCUT2D eigenvalue weighted by Crippen LogP contribution is 2.28. The van der Waals surface area contributed by atoms with Gasteiger partial charge in [-0.05, 0) is 25.1 Å². The van der Waals surface area contributed by atoms with E-state index in [1.807, 2.05) is 41.8 Å². The largest absolute Gasteiger partial charge is 0.325 e. The summed E-state index contributed by atoms with van der Waals surface area (Å²) in [4.78, 5) is 16.1. The molecule has 3 aromatic rings. The molecule has 0 aliphatic rings. The van der Waals surface area contributed by atoms with Crippen molar-refractivity contribution in [1.29, 1.82) is 0 Å². The molecule has 0 unspecified atom stereocenters. The van der Waals surface area contributed by atoms with E-state index in [2.05, 4.69) is 20.5 Å². The lowest BCUT2D eigenvalue weighted by atomic mass is 10.2. The number of pyridine rings is 1. The molecule has 128 valence electrons. The Kier molecular flexibility index (Phi) is 5.67. The van der Waals surface area contributed by atoms with Crippen molar-refractivity contribution in [3.63, 3.8) is 0 Å². The molecule has 0 saturated heterocycles. The van der Waals surface area contributed by atoms with Gasteiger partial charge in [0.2, 0.25) is 5.91 Å². The normalized spacial score (nSPS) is 10.6. The summed E-state index contributed by atoms with van der Waals surface area (Å²) in [5.74, 6) is 0.822. The summed E-state index contributed by atoms with van der Waals surface area (Å²) < 4.78 is 1.93. The average molecular weight is 374 g/mol. The van der Waals surface area contributed by atoms with Gasteiger partial charge in [-0.25, -0.2) is 0 Å². The molecule has 3 rings (SSSR count). The van der Waals surface area contributed by atoms with Crippen LogP contribution in [0.1, 0.15) is 6.92 Å². The second kappa shape index (κ2) is 8.13. The Labute approximate surface area is 154 Å². The Morgan fingerprint density at radius 1 is 1.24 bits per heavy atom. The number of hydrogen-bond donors (Lipinski definition) is 1. The van der Waals surface area contributed by atoms with Crippen molar-refractivity contribution in [2.75, 3.05) is 11.1 Å². The summed E-state index contributed by atoms with van der Waals surface area (Å²) in [7, 11) is 0. The van der Waals surface area contributed by atoms with Crippen LogP contribution in [0.5, 0.6) is 0 Å². The van der Waals surface area contributed by atoms with E-state index >= 15 is 0 Å². The molecule has 1 aromatic carbocycles. The van der Waals surface area contributed by atoms with Gasteiger partial charge >= 0.3 is 0 Å². The Balaban J connectivity index is 1.71. The van der Waals surface area contributed by atoms with Gasteiger partial charge < -0.3 is 9.88 Å². The van der Waals surface area contributed by atoms with E-state index in [0.29, 0.717) is 22.5 Å². The smallest absolute Gasteiger partial charge is 0.234 e. The van der Waals surface area contributed by atoms with E-state index in [9.17, 15) is 4.79 Å². The van der Waals surface area contributed by atoms with Crippen LogP contribution in [0.25, 0.3) is 11.4 Å². The number of para-hydroxylation sites is 1. The van der Waals surface area contributed by atoms with Gasteiger partial charge in [-0.15, -0.1) is 10.2 Å². The monoisotopic (exact) mass is 373 g/mol. The van der Waals surface area contributed by atoms with Crippen molar-refractivity contribution in [2.24, 2.45) is 0 Å². The highest BCUT2D eigenvalue weighted by atomic mass is 35.5. The molecule has 0 bridgehead atoms. The molecule has 0 spiro atoms. The summed E-state index contributed by atoms with van der Waals surface area (Å²) >= 11 is 7.54. The second-order valence-corrected chi connectivity index (χ2v) is 6.46. The Morgan fingerprint density at radius 3 is 2.76 bits per heavy atom. The summed E-state index contributed by atoms with van der Waals surface area (Å²) in [6, 6.07) is 11.2. The highest BCUT2D eigenvalue weighted by molar-refractivity contribution is 7.99. The minimum Gasteiger partial charge on any atom is -0.325 e. The number of carbonyl (C=O) groups is 1. The van der Waals surface area contributed by atoms with Crippen molar-refractivity contribution in [3.8, 4) is 11.4 Å². The molecule has 6 nitrogen and oxygen atoms in total. The van der Waals surface area contributed by atoms with Gasteiger partial charge in [-0.2, -0.15) is 0 Å². The van der Waals surface area contributed by atoms with Crippen molar-refractivity contribution in [3.05, 3.63) is 53.8 Å². The number of hydrogen-bond acceptors (Lipinski definition) is 5. The van der Waals surface area contributed by atoms with Gasteiger partial charge in [0, 0.05) is 30.2 Å². The SMILES string of the molecule is CCn1c(SCC(=O)Nc2ccccc2)nnc1-c1ccncc1Cl. The molecule has 25 heavy (non-hydrogen) atoms. The second-order valence-electron chi connectivity index (χ2n) is 5.11. The third kappa shape index (κ3) is 4.18. The van der Waals surface area contributed by atoms with Crippen molar-refractivity contribution >= 4 is 35.0 Å². The van der Waals surface area contributed by atoms with Crippen molar-refractivity contribution in [2.45, 2.75) is 18.6 Å². The minimum atomic E-state index is -0.0923. The number of rotatable bonds is 6. The summed E-state index contributed by atoms with van der Waals surface area (Å²) in [6.45, 7) is 2.67. The molecule has 0 saturated carbocycles. The molecule has 1 N–H and O–H groups in total. The predicted octanol–water partition coefficient (Wildman–Crippen LogP) is 3.74. The Morgan fingerprint density at radius 2 is 2.04 bits per heavy atom. The molecule has 0 aliphatic carbocycles. The van der Waals surface area contributed by atoms with Crippen LogP contribution in [0, 0.1) is 0 Å².